The highest BCUT2D eigenvalue weighted by atomic mass is 35.5. The Kier molecular flexibility index (Phi) is 5.36. The molecular formula is C13H17ClN2O2S. The van der Waals surface area contributed by atoms with E-state index in [2.05, 4.69) is 5.32 Å². The van der Waals surface area contributed by atoms with Gasteiger partial charge in [0.25, 0.3) is 0 Å². The van der Waals surface area contributed by atoms with Crippen LogP contribution in [0.15, 0.2) is 23.1 Å². The summed E-state index contributed by atoms with van der Waals surface area (Å²) >= 11 is 7.43. The Balaban J connectivity index is 1.94. The van der Waals surface area contributed by atoms with Crippen LogP contribution in [0.5, 0.6) is 5.75 Å². The zero-order chi connectivity index (χ0) is 13.7. The SMILES string of the molecule is COc1ccc(Cl)cc1SCC(=O)N1CCNCC1. The number of benzene rings is 1. The maximum Gasteiger partial charge on any atom is 0.233 e. The third kappa shape index (κ3) is 4.03. The van der Waals surface area contributed by atoms with E-state index < -0.39 is 0 Å². The van der Waals surface area contributed by atoms with Crippen LogP contribution in [0.1, 0.15) is 0 Å². The van der Waals surface area contributed by atoms with Crippen LogP contribution in [-0.2, 0) is 4.79 Å². The molecule has 104 valence electrons. The number of ether oxygens (including phenoxy) is 1. The van der Waals surface area contributed by atoms with Crippen molar-refractivity contribution >= 4 is 29.3 Å². The van der Waals surface area contributed by atoms with Gasteiger partial charge in [-0.1, -0.05) is 11.6 Å². The number of nitrogens with one attached hydrogen (secondary N) is 1. The van der Waals surface area contributed by atoms with Crippen molar-refractivity contribution in [2.75, 3.05) is 39.0 Å². The lowest BCUT2D eigenvalue weighted by Crippen LogP contribution is -2.47. The van der Waals surface area contributed by atoms with Crippen molar-refractivity contribution in [2.45, 2.75) is 4.90 Å². The molecule has 0 atom stereocenters. The standard InChI is InChI=1S/C13H17ClN2O2S/c1-18-11-3-2-10(14)8-12(11)19-9-13(17)16-6-4-15-5-7-16/h2-3,8,15H,4-7,9H2,1H3. The van der Waals surface area contributed by atoms with Gasteiger partial charge in [-0.05, 0) is 18.2 Å². The van der Waals surface area contributed by atoms with E-state index in [1.807, 2.05) is 17.0 Å². The number of methoxy groups -OCH3 is 1. The highest BCUT2D eigenvalue weighted by Gasteiger charge is 2.17. The Morgan fingerprint density at radius 3 is 2.89 bits per heavy atom. The van der Waals surface area contributed by atoms with E-state index in [0.717, 1.165) is 36.8 Å². The third-order valence-electron chi connectivity index (χ3n) is 2.95. The van der Waals surface area contributed by atoms with Gasteiger partial charge in [0.15, 0.2) is 0 Å². The van der Waals surface area contributed by atoms with E-state index >= 15 is 0 Å². The predicted molar refractivity (Wildman–Crippen MR) is 78.2 cm³/mol. The highest BCUT2D eigenvalue weighted by Crippen LogP contribution is 2.31. The second-order valence-corrected chi connectivity index (χ2v) is 5.67. The number of piperazine rings is 1. The fourth-order valence-electron chi connectivity index (χ4n) is 1.91. The summed E-state index contributed by atoms with van der Waals surface area (Å²) in [6.45, 7) is 3.31. The molecule has 0 aromatic heterocycles. The molecule has 0 saturated carbocycles. The second-order valence-electron chi connectivity index (χ2n) is 4.21. The summed E-state index contributed by atoms with van der Waals surface area (Å²) in [6.07, 6.45) is 0. The smallest absolute Gasteiger partial charge is 0.233 e. The Morgan fingerprint density at radius 1 is 1.47 bits per heavy atom. The molecule has 1 fully saturated rings. The summed E-state index contributed by atoms with van der Waals surface area (Å²) < 4.78 is 5.26. The number of carbonyl (C=O) groups excluding carboxylic acids is 1. The summed E-state index contributed by atoms with van der Waals surface area (Å²) in [4.78, 5) is 14.9. The Labute approximate surface area is 122 Å². The van der Waals surface area contributed by atoms with Crippen molar-refractivity contribution in [1.82, 2.24) is 10.2 Å². The largest absolute Gasteiger partial charge is 0.496 e. The maximum absolute atomic E-state index is 12.1. The first-order valence-electron chi connectivity index (χ1n) is 6.15. The first-order valence-corrected chi connectivity index (χ1v) is 7.52. The number of carbonyl (C=O) groups is 1. The zero-order valence-electron chi connectivity index (χ0n) is 10.8. The van der Waals surface area contributed by atoms with Crippen LogP contribution in [0.4, 0.5) is 0 Å². The lowest BCUT2D eigenvalue weighted by atomic mass is 10.3. The molecule has 0 bridgehead atoms. The maximum atomic E-state index is 12.1. The molecule has 1 heterocycles. The molecule has 2 rings (SSSR count). The quantitative estimate of drug-likeness (QED) is 0.862. The van der Waals surface area contributed by atoms with Crippen LogP contribution in [0.25, 0.3) is 0 Å². The number of halogens is 1. The first-order chi connectivity index (χ1) is 9.20. The lowest BCUT2D eigenvalue weighted by Gasteiger charge is -2.27. The van der Waals surface area contributed by atoms with Gasteiger partial charge in [0.05, 0.1) is 17.8 Å². The van der Waals surface area contributed by atoms with Gasteiger partial charge in [0.2, 0.25) is 5.91 Å². The normalized spacial score (nSPS) is 15.4. The van der Waals surface area contributed by atoms with Crippen molar-refractivity contribution in [3.63, 3.8) is 0 Å². The number of nitrogens with zero attached hydrogens (tertiary/aromatic N) is 1. The number of hydrogen-bond donors (Lipinski definition) is 1. The summed E-state index contributed by atoms with van der Waals surface area (Å²) in [5, 5.41) is 3.88. The van der Waals surface area contributed by atoms with Crippen LogP contribution in [0.2, 0.25) is 5.02 Å². The van der Waals surface area contributed by atoms with Crippen LogP contribution in [0, 0.1) is 0 Å². The minimum absolute atomic E-state index is 0.161. The molecule has 1 saturated heterocycles. The van der Waals surface area contributed by atoms with Crippen LogP contribution in [0.3, 0.4) is 0 Å². The molecule has 4 nitrogen and oxygen atoms in total. The average Bonchev–Trinajstić information content (AvgIpc) is 2.46. The summed E-state index contributed by atoms with van der Waals surface area (Å²) in [5.74, 6) is 1.33. The number of amides is 1. The molecule has 0 unspecified atom stereocenters. The summed E-state index contributed by atoms with van der Waals surface area (Å²) in [7, 11) is 1.62. The molecule has 0 spiro atoms. The minimum atomic E-state index is 0.161. The number of hydrogen-bond acceptors (Lipinski definition) is 4. The van der Waals surface area contributed by atoms with Crippen molar-refractivity contribution in [3.05, 3.63) is 23.2 Å². The molecule has 1 aromatic rings. The van der Waals surface area contributed by atoms with Gasteiger partial charge in [0, 0.05) is 31.2 Å². The fourth-order valence-corrected chi connectivity index (χ4v) is 3.11. The van der Waals surface area contributed by atoms with E-state index in [9.17, 15) is 4.79 Å². The number of rotatable bonds is 4. The van der Waals surface area contributed by atoms with Crippen LogP contribution >= 0.6 is 23.4 Å². The van der Waals surface area contributed by atoms with Crippen molar-refractivity contribution < 1.29 is 9.53 Å². The highest BCUT2D eigenvalue weighted by molar-refractivity contribution is 8.00. The number of thioether (sulfide) groups is 1. The molecular weight excluding hydrogens is 284 g/mol. The molecule has 1 aromatic carbocycles. The lowest BCUT2D eigenvalue weighted by molar-refractivity contribution is -0.128. The average molecular weight is 301 g/mol. The first kappa shape index (κ1) is 14.5. The van der Waals surface area contributed by atoms with Gasteiger partial charge in [-0.25, -0.2) is 0 Å². The predicted octanol–water partition coefficient (Wildman–Crippen LogP) is 1.87. The van der Waals surface area contributed by atoms with E-state index in [1.54, 1.807) is 13.2 Å². The summed E-state index contributed by atoms with van der Waals surface area (Å²) in [5.41, 5.74) is 0. The van der Waals surface area contributed by atoms with Crippen molar-refractivity contribution in [1.29, 1.82) is 0 Å². The van der Waals surface area contributed by atoms with Crippen molar-refractivity contribution in [3.8, 4) is 5.75 Å². The molecule has 19 heavy (non-hydrogen) atoms. The van der Waals surface area contributed by atoms with Crippen LogP contribution in [-0.4, -0.2) is 49.8 Å². The molecule has 1 N–H and O–H groups in total. The van der Waals surface area contributed by atoms with E-state index in [-0.39, 0.29) is 5.91 Å². The molecule has 0 radical (unpaired) electrons. The van der Waals surface area contributed by atoms with Gasteiger partial charge in [0.1, 0.15) is 5.75 Å². The van der Waals surface area contributed by atoms with Gasteiger partial charge in [-0.3, -0.25) is 4.79 Å². The fraction of sp³-hybridized carbons (Fsp3) is 0.462. The molecule has 6 heteroatoms. The molecule has 1 aliphatic heterocycles. The molecule has 0 aliphatic carbocycles. The van der Waals surface area contributed by atoms with Gasteiger partial charge in [-0.2, -0.15) is 0 Å². The Bertz CT molecular complexity index is 450. The van der Waals surface area contributed by atoms with E-state index in [0.29, 0.717) is 10.8 Å². The molecule has 1 amide bonds. The topological polar surface area (TPSA) is 41.6 Å². The Hall–Kier alpha value is -0.910. The minimum Gasteiger partial charge on any atom is -0.496 e. The van der Waals surface area contributed by atoms with E-state index in [4.69, 9.17) is 16.3 Å². The van der Waals surface area contributed by atoms with Gasteiger partial charge in [-0.15, -0.1) is 11.8 Å². The zero-order valence-corrected chi connectivity index (χ0v) is 12.4. The van der Waals surface area contributed by atoms with Crippen molar-refractivity contribution in [2.24, 2.45) is 0 Å². The third-order valence-corrected chi connectivity index (χ3v) is 4.20. The molecule has 1 aliphatic rings. The van der Waals surface area contributed by atoms with Gasteiger partial charge >= 0.3 is 0 Å². The summed E-state index contributed by atoms with van der Waals surface area (Å²) in [6, 6.07) is 5.43. The monoisotopic (exact) mass is 300 g/mol. The van der Waals surface area contributed by atoms with Crippen LogP contribution < -0.4 is 10.1 Å². The van der Waals surface area contributed by atoms with E-state index in [1.165, 1.54) is 11.8 Å². The second kappa shape index (κ2) is 7.03. The Morgan fingerprint density at radius 2 is 2.21 bits per heavy atom. The van der Waals surface area contributed by atoms with Gasteiger partial charge < -0.3 is 15.0 Å².